The molecule has 27 heavy (non-hydrogen) atoms. The quantitative estimate of drug-likeness (QED) is 0.236. The Morgan fingerprint density at radius 1 is 1.26 bits per heavy atom. The van der Waals surface area contributed by atoms with Crippen molar-refractivity contribution in [2.24, 2.45) is 4.99 Å². The lowest BCUT2D eigenvalue weighted by Gasteiger charge is -2.15. The van der Waals surface area contributed by atoms with E-state index in [0.717, 1.165) is 16.7 Å². The van der Waals surface area contributed by atoms with Gasteiger partial charge in [0.1, 0.15) is 10.8 Å². The first-order valence-electron chi connectivity index (χ1n) is 7.77. The van der Waals surface area contributed by atoms with Crippen LogP contribution in [0.1, 0.15) is 29.3 Å². The lowest BCUT2D eigenvalue weighted by atomic mass is 10.1. The Hall–Kier alpha value is -1.47. The maximum atomic E-state index is 12.9. The normalized spacial score (nSPS) is 13.0. The zero-order valence-corrected chi connectivity index (χ0v) is 17.4. The molecule has 11 heteroatoms. The van der Waals surface area contributed by atoms with Gasteiger partial charge in [-0.3, -0.25) is 0 Å². The molecule has 0 fully saturated rings. The Bertz CT molecular complexity index is 737. The van der Waals surface area contributed by atoms with E-state index >= 15 is 0 Å². The van der Waals surface area contributed by atoms with E-state index in [1.807, 2.05) is 6.92 Å². The first-order chi connectivity index (χ1) is 12.3. The van der Waals surface area contributed by atoms with E-state index in [-0.39, 0.29) is 42.1 Å². The average molecular weight is 518 g/mol. The van der Waals surface area contributed by atoms with Crippen LogP contribution in [-0.2, 0) is 12.7 Å². The van der Waals surface area contributed by atoms with Crippen LogP contribution in [0.3, 0.4) is 0 Å². The molecule has 1 aromatic heterocycles. The molecule has 0 aliphatic heterocycles. The van der Waals surface area contributed by atoms with Crippen molar-refractivity contribution in [3.8, 4) is 0 Å². The summed E-state index contributed by atoms with van der Waals surface area (Å²) < 4.78 is 50.5. The molecule has 1 unspecified atom stereocenters. The lowest BCUT2D eigenvalue weighted by molar-refractivity contribution is -0.140. The summed E-state index contributed by atoms with van der Waals surface area (Å²) in [5.41, 5.74) is -0.401. The van der Waals surface area contributed by atoms with E-state index in [9.17, 15) is 22.7 Å². The van der Waals surface area contributed by atoms with Crippen molar-refractivity contribution in [2.45, 2.75) is 25.7 Å². The van der Waals surface area contributed by atoms with E-state index in [0.29, 0.717) is 18.1 Å². The molecule has 2 aromatic rings. The number of guanidine groups is 1. The van der Waals surface area contributed by atoms with E-state index in [1.165, 1.54) is 24.3 Å². The van der Waals surface area contributed by atoms with Gasteiger partial charge < -0.3 is 15.7 Å². The molecule has 0 aliphatic carbocycles. The summed E-state index contributed by atoms with van der Waals surface area (Å²) in [6, 6.07) is 5.44. The standard InChI is InChI=1S/C16H18F4N4OS.HI/c1-2-21-15(22-7-12(25)10-3-5-11(17)6-4-10)23-8-14-24-13(9-26-14)16(18,19)20;/h3-6,9,12,25H,2,7-8H2,1H3,(H2,21,22,23);1H. The van der Waals surface area contributed by atoms with E-state index in [4.69, 9.17) is 0 Å². The molecule has 0 saturated heterocycles. The minimum atomic E-state index is -4.47. The summed E-state index contributed by atoms with van der Waals surface area (Å²) in [5.74, 6) is -0.0668. The predicted molar refractivity (Wildman–Crippen MR) is 107 cm³/mol. The molecule has 0 bridgehead atoms. The Morgan fingerprint density at radius 2 is 1.93 bits per heavy atom. The van der Waals surface area contributed by atoms with Crippen molar-refractivity contribution in [3.63, 3.8) is 0 Å². The molecular formula is C16H19F4IN4OS. The molecular weight excluding hydrogens is 499 g/mol. The van der Waals surface area contributed by atoms with Crippen molar-refractivity contribution in [2.75, 3.05) is 13.1 Å². The zero-order valence-electron chi connectivity index (χ0n) is 14.3. The van der Waals surface area contributed by atoms with Gasteiger partial charge in [-0.2, -0.15) is 13.2 Å². The summed E-state index contributed by atoms with van der Waals surface area (Å²) in [5, 5.41) is 17.1. The number of alkyl halides is 3. The predicted octanol–water partition coefficient (Wildman–Crippen LogP) is 3.71. The van der Waals surface area contributed by atoms with Gasteiger partial charge in [-0.25, -0.2) is 14.4 Å². The van der Waals surface area contributed by atoms with Gasteiger partial charge in [0.2, 0.25) is 0 Å². The second-order valence-corrected chi connectivity index (χ2v) is 6.21. The zero-order chi connectivity index (χ0) is 19.2. The average Bonchev–Trinajstić information content (AvgIpc) is 3.07. The molecule has 1 atom stereocenters. The Kier molecular flexibility index (Phi) is 9.39. The maximum absolute atomic E-state index is 12.9. The highest BCUT2D eigenvalue weighted by Crippen LogP contribution is 2.30. The largest absolute Gasteiger partial charge is 0.434 e. The molecule has 150 valence electrons. The lowest BCUT2D eigenvalue weighted by Crippen LogP contribution is -2.39. The van der Waals surface area contributed by atoms with Gasteiger partial charge >= 0.3 is 6.18 Å². The number of benzene rings is 1. The minimum Gasteiger partial charge on any atom is -0.387 e. The number of rotatable bonds is 6. The Labute approximate surface area is 174 Å². The number of aromatic nitrogens is 1. The highest BCUT2D eigenvalue weighted by atomic mass is 127. The van der Waals surface area contributed by atoms with E-state index < -0.39 is 23.8 Å². The molecule has 0 amide bonds. The van der Waals surface area contributed by atoms with Crippen LogP contribution >= 0.6 is 35.3 Å². The second-order valence-electron chi connectivity index (χ2n) is 5.27. The molecule has 0 aliphatic rings. The number of nitrogens with zero attached hydrogens (tertiary/aromatic N) is 2. The molecule has 1 aromatic carbocycles. The fourth-order valence-electron chi connectivity index (χ4n) is 2.00. The number of halogens is 5. The summed E-state index contributed by atoms with van der Waals surface area (Å²) >= 11 is 0.880. The van der Waals surface area contributed by atoms with Crippen molar-refractivity contribution in [1.29, 1.82) is 0 Å². The highest BCUT2D eigenvalue weighted by Gasteiger charge is 2.33. The van der Waals surface area contributed by atoms with Crippen molar-refractivity contribution >= 4 is 41.3 Å². The molecule has 0 spiro atoms. The first-order valence-corrected chi connectivity index (χ1v) is 8.65. The highest BCUT2D eigenvalue weighted by molar-refractivity contribution is 14.0. The van der Waals surface area contributed by atoms with Crippen LogP contribution in [0.4, 0.5) is 17.6 Å². The van der Waals surface area contributed by atoms with Gasteiger partial charge in [0.25, 0.3) is 0 Å². The number of hydrogen-bond donors (Lipinski definition) is 3. The SMILES string of the molecule is CCNC(=NCc1nc(C(F)(F)F)cs1)NCC(O)c1ccc(F)cc1.I. The van der Waals surface area contributed by atoms with Gasteiger partial charge in [-0.1, -0.05) is 12.1 Å². The van der Waals surface area contributed by atoms with Gasteiger partial charge in [-0.05, 0) is 24.6 Å². The summed E-state index contributed by atoms with van der Waals surface area (Å²) in [7, 11) is 0. The first kappa shape index (κ1) is 23.6. The smallest absolute Gasteiger partial charge is 0.387 e. The third-order valence-corrected chi connectivity index (χ3v) is 4.11. The van der Waals surface area contributed by atoms with Gasteiger partial charge in [-0.15, -0.1) is 35.3 Å². The molecule has 0 radical (unpaired) electrons. The molecule has 0 saturated carbocycles. The van der Waals surface area contributed by atoms with Gasteiger partial charge in [0.15, 0.2) is 11.7 Å². The molecule has 2 rings (SSSR count). The monoisotopic (exact) mass is 518 g/mol. The van der Waals surface area contributed by atoms with Gasteiger partial charge in [0, 0.05) is 18.5 Å². The number of aliphatic hydroxyl groups excluding tert-OH is 1. The van der Waals surface area contributed by atoms with Crippen LogP contribution < -0.4 is 10.6 Å². The van der Waals surface area contributed by atoms with Crippen molar-refractivity contribution in [1.82, 2.24) is 15.6 Å². The third kappa shape index (κ3) is 7.58. The fraction of sp³-hybridized carbons (Fsp3) is 0.375. The van der Waals surface area contributed by atoms with E-state index in [2.05, 4.69) is 20.6 Å². The molecule has 1 heterocycles. The summed E-state index contributed by atoms with van der Waals surface area (Å²) in [4.78, 5) is 7.67. The maximum Gasteiger partial charge on any atom is 0.434 e. The number of aliphatic hydroxyl groups is 1. The number of hydrogen-bond acceptors (Lipinski definition) is 4. The van der Waals surface area contributed by atoms with Crippen molar-refractivity contribution < 1.29 is 22.7 Å². The van der Waals surface area contributed by atoms with Crippen LogP contribution in [0.2, 0.25) is 0 Å². The fourth-order valence-corrected chi connectivity index (χ4v) is 2.72. The van der Waals surface area contributed by atoms with Crippen LogP contribution in [0.15, 0.2) is 34.6 Å². The number of thiazole rings is 1. The van der Waals surface area contributed by atoms with Crippen molar-refractivity contribution in [3.05, 3.63) is 51.7 Å². The third-order valence-electron chi connectivity index (χ3n) is 3.28. The van der Waals surface area contributed by atoms with E-state index in [1.54, 1.807) is 0 Å². The van der Waals surface area contributed by atoms with Crippen LogP contribution in [0, 0.1) is 5.82 Å². The van der Waals surface area contributed by atoms with Gasteiger partial charge in [0.05, 0.1) is 12.6 Å². The number of nitrogens with one attached hydrogen (secondary N) is 2. The topological polar surface area (TPSA) is 69.5 Å². The van der Waals surface area contributed by atoms with Crippen LogP contribution in [-0.4, -0.2) is 29.1 Å². The number of aliphatic imine (C=N–C) groups is 1. The Morgan fingerprint density at radius 3 is 2.48 bits per heavy atom. The minimum absolute atomic E-state index is 0. The van der Waals surface area contributed by atoms with Crippen LogP contribution in [0.5, 0.6) is 0 Å². The summed E-state index contributed by atoms with van der Waals surface area (Å²) in [6.07, 6.45) is -5.36. The Balaban J connectivity index is 0.00000364. The molecule has 3 N–H and O–H groups in total. The molecule has 5 nitrogen and oxygen atoms in total. The second kappa shape index (κ2) is 10.8. The van der Waals surface area contributed by atoms with Crippen LogP contribution in [0.25, 0.3) is 0 Å². The summed E-state index contributed by atoms with van der Waals surface area (Å²) in [6.45, 7) is 2.44.